The van der Waals surface area contributed by atoms with Gasteiger partial charge in [-0.25, -0.2) is 0 Å². The molecule has 2 atom stereocenters. The van der Waals surface area contributed by atoms with Gasteiger partial charge < -0.3 is 4.74 Å². The van der Waals surface area contributed by atoms with Gasteiger partial charge in [-0.3, -0.25) is 4.79 Å². The van der Waals surface area contributed by atoms with Gasteiger partial charge in [0.1, 0.15) is 6.10 Å². The number of hydrogen-bond donors (Lipinski definition) is 0. The number of carbonyl (C=O) groups excluding carboxylic acids is 1. The third kappa shape index (κ3) is 3.37. The topological polar surface area (TPSA) is 26.3 Å². The molecule has 0 bridgehead atoms. The van der Waals surface area contributed by atoms with Crippen LogP contribution in [0, 0.1) is 17.8 Å². The van der Waals surface area contributed by atoms with Crippen molar-refractivity contribution in [3.05, 3.63) is 35.9 Å². The number of carbonyl (C=O) groups is 1. The maximum absolute atomic E-state index is 12.2. The minimum absolute atomic E-state index is 0.0127. The molecule has 0 spiro atoms. The lowest BCUT2D eigenvalue weighted by atomic mass is 9.96. The first-order valence-corrected chi connectivity index (χ1v) is 7.26. The highest BCUT2D eigenvalue weighted by molar-refractivity contribution is 5.77. The van der Waals surface area contributed by atoms with Crippen LogP contribution in [-0.2, 0) is 9.53 Å². The van der Waals surface area contributed by atoms with Crippen molar-refractivity contribution in [1.29, 1.82) is 0 Å². The van der Waals surface area contributed by atoms with Crippen LogP contribution >= 0.6 is 0 Å². The van der Waals surface area contributed by atoms with Gasteiger partial charge in [-0.1, -0.05) is 58.0 Å². The lowest BCUT2D eigenvalue weighted by Gasteiger charge is -2.25. The summed E-state index contributed by atoms with van der Waals surface area (Å²) >= 11 is 0. The molecular formula is C17H24O2. The summed E-state index contributed by atoms with van der Waals surface area (Å²) in [5, 5.41) is 0. The Morgan fingerprint density at radius 1 is 1.11 bits per heavy atom. The van der Waals surface area contributed by atoms with Crippen molar-refractivity contribution in [3.8, 4) is 0 Å². The van der Waals surface area contributed by atoms with E-state index >= 15 is 0 Å². The molecule has 2 rings (SSSR count). The van der Waals surface area contributed by atoms with Gasteiger partial charge in [-0.2, -0.15) is 0 Å². The summed E-state index contributed by atoms with van der Waals surface area (Å²) in [5.74, 6) is 1.17. The van der Waals surface area contributed by atoms with Gasteiger partial charge in [0.15, 0.2) is 0 Å². The second-order valence-electron chi connectivity index (χ2n) is 6.25. The van der Waals surface area contributed by atoms with Crippen LogP contribution in [0.5, 0.6) is 0 Å². The summed E-state index contributed by atoms with van der Waals surface area (Å²) in [7, 11) is 0. The Hall–Kier alpha value is -1.31. The van der Waals surface area contributed by atoms with E-state index in [9.17, 15) is 4.79 Å². The molecule has 2 nitrogen and oxygen atoms in total. The van der Waals surface area contributed by atoms with E-state index in [0.29, 0.717) is 17.8 Å². The molecular weight excluding hydrogens is 236 g/mol. The molecule has 104 valence electrons. The summed E-state index contributed by atoms with van der Waals surface area (Å²) in [4.78, 5) is 12.2. The second kappa shape index (κ2) is 5.77. The summed E-state index contributed by atoms with van der Waals surface area (Å²) in [5.41, 5.74) is 1.26. The number of benzene rings is 1. The van der Waals surface area contributed by atoms with E-state index in [-0.39, 0.29) is 18.0 Å². The molecule has 0 N–H and O–H groups in total. The zero-order valence-electron chi connectivity index (χ0n) is 12.3. The van der Waals surface area contributed by atoms with E-state index in [2.05, 4.69) is 39.8 Å². The Balaban J connectivity index is 1.93. The Kier molecular flexibility index (Phi) is 4.28. The molecule has 0 radical (unpaired) electrons. The fraction of sp³-hybridized carbons (Fsp3) is 0.588. The van der Waals surface area contributed by atoms with E-state index in [1.54, 1.807) is 0 Å². The van der Waals surface area contributed by atoms with Gasteiger partial charge in [0.05, 0.1) is 5.92 Å². The van der Waals surface area contributed by atoms with E-state index in [0.717, 1.165) is 6.42 Å². The Bertz CT molecular complexity index is 414. The fourth-order valence-corrected chi connectivity index (χ4v) is 2.79. The largest absolute Gasteiger partial charge is 0.462 e. The normalized spacial score (nSPS) is 22.1. The van der Waals surface area contributed by atoms with E-state index in [4.69, 9.17) is 4.74 Å². The van der Waals surface area contributed by atoms with Gasteiger partial charge in [-0.15, -0.1) is 0 Å². The van der Waals surface area contributed by atoms with Crippen molar-refractivity contribution in [1.82, 2.24) is 0 Å². The Morgan fingerprint density at radius 2 is 1.68 bits per heavy atom. The van der Waals surface area contributed by atoms with Crippen LogP contribution in [0.4, 0.5) is 0 Å². The lowest BCUT2D eigenvalue weighted by Crippen LogP contribution is -2.29. The summed E-state index contributed by atoms with van der Waals surface area (Å²) in [6.45, 7) is 8.44. The molecule has 1 aliphatic rings. The standard InChI is InChI=1S/C17H24O2/c1-11(2)16(12(3)4)19-17(18)15-10-14(15)13-8-6-5-7-9-13/h5-9,11-12,14-16H,10H2,1-4H3/t14-,15+/m1/s1. The van der Waals surface area contributed by atoms with E-state index < -0.39 is 0 Å². The van der Waals surface area contributed by atoms with Crippen LogP contribution in [0.25, 0.3) is 0 Å². The maximum atomic E-state index is 12.2. The highest BCUT2D eigenvalue weighted by atomic mass is 16.5. The number of esters is 1. The number of hydrogen-bond acceptors (Lipinski definition) is 2. The van der Waals surface area contributed by atoms with Gasteiger partial charge in [-0.05, 0) is 29.7 Å². The third-order valence-electron chi connectivity index (χ3n) is 3.89. The fourth-order valence-electron chi connectivity index (χ4n) is 2.79. The zero-order valence-corrected chi connectivity index (χ0v) is 12.3. The molecule has 1 fully saturated rings. The molecule has 0 heterocycles. The van der Waals surface area contributed by atoms with Crippen molar-refractivity contribution in [2.45, 2.75) is 46.1 Å². The van der Waals surface area contributed by atoms with Crippen LogP contribution in [0.3, 0.4) is 0 Å². The van der Waals surface area contributed by atoms with Crippen LogP contribution < -0.4 is 0 Å². The van der Waals surface area contributed by atoms with Crippen LogP contribution in [0.15, 0.2) is 30.3 Å². The van der Waals surface area contributed by atoms with E-state index in [1.165, 1.54) is 5.56 Å². The predicted molar refractivity (Wildman–Crippen MR) is 76.8 cm³/mol. The smallest absolute Gasteiger partial charge is 0.309 e. The SMILES string of the molecule is CC(C)C(OC(=O)[C@H]1C[C@@H]1c1ccccc1)C(C)C. The average molecular weight is 260 g/mol. The lowest BCUT2D eigenvalue weighted by molar-refractivity contribution is -0.155. The van der Waals surface area contributed by atoms with Crippen molar-refractivity contribution >= 4 is 5.97 Å². The first-order valence-electron chi connectivity index (χ1n) is 7.26. The molecule has 1 aliphatic carbocycles. The van der Waals surface area contributed by atoms with Crippen molar-refractivity contribution in [2.24, 2.45) is 17.8 Å². The van der Waals surface area contributed by atoms with E-state index in [1.807, 2.05) is 18.2 Å². The quantitative estimate of drug-likeness (QED) is 0.748. The van der Waals surface area contributed by atoms with Gasteiger partial charge in [0, 0.05) is 0 Å². The Morgan fingerprint density at radius 3 is 2.21 bits per heavy atom. The van der Waals surface area contributed by atoms with Crippen molar-refractivity contribution in [2.75, 3.05) is 0 Å². The highest BCUT2D eigenvalue weighted by Crippen LogP contribution is 2.48. The Labute approximate surface area is 116 Å². The van der Waals surface area contributed by atoms with Crippen molar-refractivity contribution < 1.29 is 9.53 Å². The van der Waals surface area contributed by atoms with Gasteiger partial charge in [0.25, 0.3) is 0 Å². The first kappa shape index (κ1) is 14.1. The third-order valence-corrected chi connectivity index (χ3v) is 3.89. The average Bonchev–Trinajstić information content (AvgIpc) is 3.16. The molecule has 0 aromatic heterocycles. The molecule has 0 aliphatic heterocycles. The second-order valence-corrected chi connectivity index (χ2v) is 6.25. The van der Waals surface area contributed by atoms with Gasteiger partial charge >= 0.3 is 5.97 Å². The monoisotopic (exact) mass is 260 g/mol. The number of ether oxygens (including phenoxy) is 1. The summed E-state index contributed by atoms with van der Waals surface area (Å²) in [6, 6.07) is 10.3. The molecule has 2 heteroatoms. The van der Waals surface area contributed by atoms with Crippen LogP contribution in [0.2, 0.25) is 0 Å². The minimum atomic E-state index is -0.0127. The predicted octanol–water partition coefficient (Wildman–Crippen LogP) is 4.01. The molecule has 1 saturated carbocycles. The summed E-state index contributed by atoms with van der Waals surface area (Å²) < 4.78 is 5.71. The van der Waals surface area contributed by atoms with Crippen molar-refractivity contribution in [3.63, 3.8) is 0 Å². The molecule has 0 amide bonds. The maximum Gasteiger partial charge on any atom is 0.309 e. The molecule has 0 unspecified atom stereocenters. The molecule has 19 heavy (non-hydrogen) atoms. The van der Waals surface area contributed by atoms with Crippen LogP contribution in [0.1, 0.15) is 45.6 Å². The van der Waals surface area contributed by atoms with Crippen LogP contribution in [-0.4, -0.2) is 12.1 Å². The zero-order chi connectivity index (χ0) is 14.0. The molecule has 1 aromatic carbocycles. The number of rotatable bonds is 5. The molecule has 0 saturated heterocycles. The first-order chi connectivity index (χ1) is 9.00. The summed E-state index contributed by atoms with van der Waals surface area (Å²) in [6.07, 6.45) is 0.968. The minimum Gasteiger partial charge on any atom is -0.462 e. The van der Waals surface area contributed by atoms with Gasteiger partial charge in [0.2, 0.25) is 0 Å². The highest BCUT2D eigenvalue weighted by Gasteiger charge is 2.46. The molecule has 1 aromatic rings.